The van der Waals surface area contributed by atoms with Crippen LogP contribution in [0.15, 0.2) is 27.8 Å². The Kier molecular flexibility index (Phi) is 5.03. The van der Waals surface area contributed by atoms with Crippen LogP contribution >= 0.6 is 11.3 Å². The maximum atomic E-state index is 12.0. The normalized spacial score (nSPS) is 11.6. The summed E-state index contributed by atoms with van der Waals surface area (Å²) in [7, 11) is 3.22. The number of rotatable bonds is 5. The van der Waals surface area contributed by atoms with Crippen LogP contribution in [0.3, 0.4) is 0 Å². The molecule has 0 atom stereocenters. The first-order chi connectivity index (χ1) is 10.3. The summed E-state index contributed by atoms with van der Waals surface area (Å²) >= 11 is 1.78. The summed E-state index contributed by atoms with van der Waals surface area (Å²) in [5.74, 6) is 0. The van der Waals surface area contributed by atoms with E-state index in [4.69, 9.17) is 0 Å². The molecule has 0 radical (unpaired) electrons. The summed E-state index contributed by atoms with van der Waals surface area (Å²) in [5.41, 5.74) is 0.210. The van der Waals surface area contributed by atoms with E-state index >= 15 is 0 Å². The maximum Gasteiger partial charge on any atom is 0.330 e. The van der Waals surface area contributed by atoms with Crippen LogP contribution in [0.5, 0.6) is 0 Å². The third kappa shape index (κ3) is 3.56. The molecule has 0 saturated heterocycles. The summed E-state index contributed by atoms with van der Waals surface area (Å²) in [6.45, 7) is 7.74. The first-order valence-electron chi connectivity index (χ1n) is 7.35. The van der Waals surface area contributed by atoms with Crippen molar-refractivity contribution in [2.45, 2.75) is 39.9 Å². The quantitative estimate of drug-likeness (QED) is 0.844. The van der Waals surface area contributed by atoms with Gasteiger partial charge in [0.05, 0.1) is 0 Å². The zero-order chi connectivity index (χ0) is 16.4. The van der Waals surface area contributed by atoms with E-state index in [9.17, 15) is 9.59 Å². The lowest BCUT2D eigenvalue weighted by atomic mass is 10.2. The van der Waals surface area contributed by atoms with E-state index in [2.05, 4.69) is 37.8 Å². The van der Waals surface area contributed by atoms with Gasteiger partial charge in [0.1, 0.15) is 0 Å². The van der Waals surface area contributed by atoms with Gasteiger partial charge in [0.2, 0.25) is 0 Å². The summed E-state index contributed by atoms with van der Waals surface area (Å²) in [6, 6.07) is 6.13. The van der Waals surface area contributed by atoms with E-state index in [1.807, 2.05) is 0 Å². The van der Waals surface area contributed by atoms with Crippen LogP contribution in [0.4, 0.5) is 0 Å². The fourth-order valence-electron chi connectivity index (χ4n) is 2.33. The van der Waals surface area contributed by atoms with Gasteiger partial charge in [0.25, 0.3) is 5.56 Å². The predicted molar refractivity (Wildman–Crippen MR) is 90.4 cm³/mol. The smallest absolute Gasteiger partial charge is 0.299 e. The van der Waals surface area contributed by atoms with Gasteiger partial charge in [-0.2, -0.15) is 0 Å². The molecule has 6 heteroatoms. The molecule has 2 heterocycles. The Labute approximate surface area is 134 Å². The number of aromatic nitrogens is 2. The Bertz CT molecular complexity index is 770. The molecule has 0 saturated carbocycles. The predicted octanol–water partition coefficient (Wildman–Crippen LogP) is 1.86. The van der Waals surface area contributed by atoms with Gasteiger partial charge in [-0.25, -0.2) is 4.79 Å². The summed E-state index contributed by atoms with van der Waals surface area (Å²) < 4.78 is 2.68. The SMILES string of the molecule is Cc1ccc(CN(Cc2cc(=O)n(C)c(=O)n2C)C(C)C)s1. The van der Waals surface area contributed by atoms with Crippen molar-refractivity contribution in [3.63, 3.8) is 0 Å². The number of aryl methyl sites for hydroxylation is 1. The van der Waals surface area contributed by atoms with Crippen LogP contribution in [0.1, 0.15) is 29.3 Å². The third-order valence-corrected chi connectivity index (χ3v) is 4.86. The van der Waals surface area contributed by atoms with Crippen LogP contribution in [0.2, 0.25) is 0 Å². The van der Waals surface area contributed by atoms with Crippen molar-refractivity contribution in [2.75, 3.05) is 0 Å². The zero-order valence-corrected chi connectivity index (χ0v) is 14.6. The highest BCUT2D eigenvalue weighted by Crippen LogP contribution is 2.19. The Balaban J connectivity index is 2.29. The molecular formula is C16H23N3O2S. The Morgan fingerprint density at radius 1 is 1.14 bits per heavy atom. The minimum atomic E-state index is -0.279. The molecule has 0 unspecified atom stereocenters. The standard InChI is InChI=1S/C16H23N3O2S/c1-11(2)19(10-14-7-6-12(3)22-14)9-13-8-15(20)18(5)16(21)17(13)4/h6-8,11H,9-10H2,1-5H3. The van der Waals surface area contributed by atoms with Crippen molar-refractivity contribution in [3.05, 3.63) is 54.5 Å². The molecule has 0 bridgehead atoms. The average Bonchev–Trinajstić information content (AvgIpc) is 2.86. The number of hydrogen-bond acceptors (Lipinski definition) is 4. The summed E-state index contributed by atoms with van der Waals surface area (Å²) in [6.07, 6.45) is 0. The van der Waals surface area contributed by atoms with E-state index in [1.54, 1.807) is 29.0 Å². The lowest BCUT2D eigenvalue weighted by molar-refractivity contribution is 0.200. The van der Waals surface area contributed by atoms with Gasteiger partial charge in [0, 0.05) is 54.7 Å². The molecule has 0 aliphatic heterocycles. The largest absolute Gasteiger partial charge is 0.330 e. The molecule has 2 aromatic rings. The van der Waals surface area contributed by atoms with E-state index in [1.165, 1.54) is 16.8 Å². The molecule has 0 amide bonds. The highest BCUT2D eigenvalue weighted by molar-refractivity contribution is 7.11. The van der Waals surface area contributed by atoms with E-state index in [0.717, 1.165) is 16.8 Å². The summed E-state index contributed by atoms with van der Waals surface area (Å²) in [5, 5.41) is 0. The van der Waals surface area contributed by atoms with Gasteiger partial charge in [-0.1, -0.05) is 0 Å². The zero-order valence-electron chi connectivity index (χ0n) is 13.8. The lowest BCUT2D eigenvalue weighted by Gasteiger charge is -2.26. The van der Waals surface area contributed by atoms with Crippen LogP contribution in [0, 0.1) is 6.92 Å². The van der Waals surface area contributed by atoms with Crippen molar-refractivity contribution in [1.82, 2.24) is 14.0 Å². The van der Waals surface area contributed by atoms with E-state index in [0.29, 0.717) is 12.6 Å². The highest BCUT2D eigenvalue weighted by Gasteiger charge is 2.15. The molecule has 0 fully saturated rings. The molecular weight excluding hydrogens is 298 g/mol. The van der Waals surface area contributed by atoms with Gasteiger partial charge >= 0.3 is 5.69 Å². The Hall–Kier alpha value is -1.66. The second-order valence-electron chi connectivity index (χ2n) is 5.89. The molecule has 0 N–H and O–H groups in total. The molecule has 22 heavy (non-hydrogen) atoms. The first kappa shape index (κ1) is 16.7. The van der Waals surface area contributed by atoms with Gasteiger partial charge < -0.3 is 0 Å². The van der Waals surface area contributed by atoms with E-state index < -0.39 is 0 Å². The molecule has 2 aromatic heterocycles. The van der Waals surface area contributed by atoms with Gasteiger partial charge in [0.15, 0.2) is 0 Å². The molecule has 5 nitrogen and oxygen atoms in total. The van der Waals surface area contributed by atoms with Crippen LogP contribution in [-0.2, 0) is 27.2 Å². The monoisotopic (exact) mass is 321 g/mol. The molecule has 2 rings (SSSR count). The third-order valence-electron chi connectivity index (χ3n) is 3.88. The topological polar surface area (TPSA) is 47.2 Å². The Morgan fingerprint density at radius 3 is 2.36 bits per heavy atom. The van der Waals surface area contributed by atoms with Crippen molar-refractivity contribution in [2.24, 2.45) is 14.1 Å². The number of nitrogens with zero attached hydrogens (tertiary/aromatic N) is 3. The lowest BCUT2D eigenvalue weighted by Crippen LogP contribution is -2.40. The molecule has 0 aliphatic rings. The number of thiophene rings is 1. The molecule has 0 spiro atoms. The minimum absolute atomic E-state index is 0.256. The fraction of sp³-hybridized carbons (Fsp3) is 0.500. The second-order valence-corrected chi connectivity index (χ2v) is 7.26. The van der Waals surface area contributed by atoms with Crippen molar-refractivity contribution in [1.29, 1.82) is 0 Å². The van der Waals surface area contributed by atoms with Gasteiger partial charge in [-0.3, -0.25) is 18.8 Å². The van der Waals surface area contributed by atoms with Crippen molar-refractivity contribution < 1.29 is 0 Å². The van der Waals surface area contributed by atoms with Crippen LogP contribution in [-0.4, -0.2) is 20.1 Å². The highest BCUT2D eigenvalue weighted by atomic mass is 32.1. The minimum Gasteiger partial charge on any atom is -0.299 e. The van der Waals surface area contributed by atoms with Crippen LogP contribution in [0.25, 0.3) is 0 Å². The molecule has 120 valence electrons. The van der Waals surface area contributed by atoms with Gasteiger partial charge in [-0.05, 0) is 32.9 Å². The second kappa shape index (κ2) is 6.62. The number of hydrogen-bond donors (Lipinski definition) is 0. The van der Waals surface area contributed by atoms with Crippen LogP contribution < -0.4 is 11.2 Å². The van der Waals surface area contributed by atoms with Gasteiger partial charge in [-0.15, -0.1) is 11.3 Å². The fourth-order valence-corrected chi connectivity index (χ4v) is 3.25. The summed E-state index contributed by atoms with van der Waals surface area (Å²) in [4.78, 5) is 28.7. The van der Waals surface area contributed by atoms with Crippen molar-refractivity contribution >= 4 is 11.3 Å². The van der Waals surface area contributed by atoms with E-state index in [-0.39, 0.29) is 11.2 Å². The molecule has 0 aromatic carbocycles. The molecule has 0 aliphatic carbocycles. The first-order valence-corrected chi connectivity index (χ1v) is 8.16. The average molecular weight is 321 g/mol. The van der Waals surface area contributed by atoms with Crippen molar-refractivity contribution in [3.8, 4) is 0 Å². The maximum absolute atomic E-state index is 12.0. The Morgan fingerprint density at radius 2 is 1.82 bits per heavy atom.